The van der Waals surface area contributed by atoms with Crippen LogP contribution in [0.3, 0.4) is 0 Å². The number of nitrogens with zero attached hydrogens (tertiary/aromatic N) is 2. The molecule has 1 fully saturated rings. The Morgan fingerprint density at radius 3 is 2.93 bits per heavy atom. The average molecular weight is 191 g/mol. The molecule has 1 saturated heterocycles. The molecule has 0 amide bonds. The SMILES string of the molecule is CC1(C)CN(c2ccccn2)CCN1. The Balaban J connectivity index is 2.12. The molecule has 0 atom stereocenters. The highest BCUT2D eigenvalue weighted by atomic mass is 15.3. The Morgan fingerprint density at radius 2 is 2.29 bits per heavy atom. The molecule has 3 nitrogen and oxygen atoms in total. The van der Waals surface area contributed by atoms with Gasteiger partial charge in [-0.1, -0.05) is 6.07 Å². The third-order valence-electron chi connectivity index (χ3n) is 2.54. The van der Waals surface area contributed by atoms with Crippen molar-refractivity contribution in [3.8, 4) is 0 Å². The van der Waals surface area contributed by atoms with Crippen molar-refractivity contribution in [2.45, 2.75) is 19.4 Å². The van der Waals surface area contributed by atoms with Crippen molar-refractivity contribution in [1.29, 1.82) is 0 Å². The number of rotatable bonds is 1. The van der Waals surface area contributed by atoms with Crippen molar-refractivity contribution >= 4 is 5.82 Å². The Morgan fingerprint density at radius 1 is 1.43 bits per heavy atom. The van der Waals surface area contributed by atoms with E-state index in [1.807, 2.05) is 18.3 Å². The maximum absolute atomic E-state index is 4.37. The third-order valence-corrected chi connectivity index (χ3v) is 2.54. The first kappa shape index (κ1) is 9.46. The Kier molecular flexibility index (Phi) is 2.42. The monoisotopic (exact) mass is 191 g/mol. The zero-order chi connectivity index (χ0) is 10.0. The van der Waals surface area contributed by atoms with Gasteiger partial charge in [-0.05, 0) is 26.0 Å². The molecule has 0 radical (unpaired) electrons. The largest absolute Gasteiger partial charge is 0.354 e. The van der Waals surface area contributed by atoms with Crippen molar-refractivity contribution in [2.75, 3.05) is 24.5 Å². The minimum absolute atomic E-state index is 0.190. The standard InChI is InChI=1S/C11H17N3/c1-11(2)9-14(8-7-13-11)10-5-3-4-6-12-10/h3-6,13H,7-9H2,1-2H3. The van der Waals surface area contributed by atoms with Gasteiger partial charge in [0.15, 0.2) is 0 Å². The number of piperazine rings is 1. The van der Waals surface area contributed by atoms with Crippen LogP contribution in [0, 0.1) is 0 Å². The summed E-state index contributed by atoms with van der Waals surface area (Å²) in [6, 6.07) is 6.07. The van der Waals surface area contributed by atoms with E-state index in [9.17, 15) is 0 Å². The molecular formula is C11H17N3. The molecule has 14 heavy (non-hydrogen) atoms. The lowest BCUT2D eigenvalue weighted by molar-refractivity contribution is 0.352. The van der Waals surface area contributed by atoms with Gasteiger partial charge in [0.2, 0.25) is 0 Å². The second-order valence-corrected chi connectivity index (χ2v) is 4.42. The first-order chi connectivity index (χ1) is 6.67. The van der Waals surface area contributed by atoms with E-state index in [1.54, 1.807) is 0 Å². The van der Waals surface area contributed by atoms with E-state index in [-0.39, 0.29) is 5.54 Å². The quantitative estimate of drug-likeness (QED) is 0.724. The third kappa shape index (κ3) is 2.04. The fourth-order valence-electron chi connectivity index (χ4n) is 1.88. The minimum atomic E-state index is 0.190. The van der Waals surface area contributed by atoms with Crippen molar-refractivity contribution in [2.24, 2.45) is 0 Å². The molecule has 2 rings (SSSR count). The zero-order valence-electron chi connectivity index (χ0n) is 8.83. The fraction of sp³-hybridized carbons (Fsp3) is 0.545. The van der Waals surface area contributed by atoms with E-state index in [0.29, 0.717) is 0 Å². The molecule has 76 valence electrons. The maximum atomic E-state index is 4.37. The highest BCUT2D eigenvalue weighted by molar-refractivity contribution is 5.39. The van der Waals surface area contributed by atoms with Crippen molar-refractivity contribution in [3.63, 3.8) is 0 Å². The van der Waals surface area contributed by atoms with Crippen molar-refractivity contribution in [3.05, 3.63) is 24.4 Å². The van der Waals surface area contributed by atoms with Crippen LogP contribution in [-0.2, 0) is 0 Å². The van der Waals surface area contributed by atoms with Crippen LogP contribution in [0.2, 0.25) is 0 Å². The first-order valence-corrected chi connectivity index (χ1v) is 5.08. The second-order valence-electron chi connectivity index (χ2n) is 4.42. The molecule has 2 heterocycles. The molecular weight excluding hydrogens is 174 g/mol. The summed E-state index contributed by atoms with van der Waals surface area (Å²) in [4.78, 5) is 6.70. The number of pyridine rings is 1. The van der Waals surface area contributed by atoms with Crippen LogP contribution in [-0.4, -0.2) is 30.2 Å². The molecule has 1 aliphatic heterocycles. The zero-order valence-corrected chi connectivity index (χ0v) is 8.83. The fourth-order valence-corrected chi connectivity index (χ4v) is 1.88. The van der Waals surface area contributed by atoms with Crippen LogP contribution >= 0.6 is 0 Å². The van der Waals surface area contributed by atoms with E-state index in [1.165, 1.54) is 0 Å². The molecule has 0 saturated carbocycles. The van der Waals surface area contributed by atoms with Gasteiger partial charge in [-0.3, -0.25) is 0 Å². The van der Waals surface area contributed by atoms with E-state index in [2.05, 4.69) is 35.1 Å². The predicted octanol–water partition coefficient (Wildman–Crippen LogP) is 1.27. The normalized spacial score (nSPS) is 20.9. The summed E-state index contributed by atoms with van der Waals surface area (Å²) in [6.07, 6.45) is 1.85. The molecule has 0 unspecified atom stereocenters. The van der Waals surface area contributed by atoms with Crippen LogP contribution in [0.25, 0.3) is 0 Å². The van der Waals surface area contributed by atoms with Crippen LogP contribution in [0.15, 0.2) is 24.4 Å². The summed E-state index contributed by atoms with van der Waals surface area (Å²) in [5, 5.41) is 3.49. The van der Waals surface area contributed by atoms with Gasteiger partial charge < -0.3 is 10.2 Å². The Labute approximate surface area is 85.1 Å². The average Bonchev–Trinajstić information content (AvgIpc) is 2.18. The van der Waals surface area contributed by atoms with Crippen LogP contribution in [0.5, 0.6) is 0 Å². The molecule has 1 aromatic rings. The predicted molar refractivity (Wildman–Crippen MR) is 58.5 cm³/mol. The van der Waals surface area contributed by atoms with Gasteiger partial charge in [-0.15, -0.1) is 0 Å². The van der Waals surface area contributed by atoms with Gasteiger partial charge in [0.05, 0.1) is 0 Å². The molecule has 0 bridgehead atoms. The lowest BCUT2D eigenvalue weighted by Crippen LogP contribution is -2.57. The number of aromatic nitrogens is 1. The van der Waals surface area contributed by atoms with Gasteiger partial charge in [-0.2, -0.15) is 0 Å². The molecule has 0 aliphatic carbocycles. The summed E-state index contributed by atoms with van der Waals surface area (Å²) < 4.78 is 0. The number of hydrogen-bond donors (Lipinski definition) is 1. The minimum Gasteiger partial charge on any atom is -0.354 e. The summed E-state index contributed by atoms with van der Waals surface area (Å²) in [5.74, 6) is 1.09. The van der Waals surface area contributed by atoms with E-state index < -0.39 is 0 Å². The highest BCUT2D eigenvalue weighted by Gasteiger charge is 2.25. The Hall–Kier alpha value is -1.09. The summed E-state index contributed by atoms with van der Waals surface area (Å²) >= 11 is 0. The lowest BCUT2D eigenvalue weighted by Gasteiger charge is -2.39. The molecule has 1 aliphatic rings. The Bertz CT molecular complexity index is 295. The molecule has 3 heteroatoms. The smallest absolute Gasteiger partial charge is 0.128 e. The van der Waals surface area contributed by atoms with E-state index in [0.717, 1.165) is 25.5 Å². The molecule has 0 spiro atoms. The van der Waals surface area contributed by atoms with Gasteiger partial charge >= 0.3 is 0 Å². The van der Waals surface area contributed by atoms with Crippen LogP contribution in [0.1, 0.15) is 13.8 Å². The number of hydrogen-bond acceptors (Lipinski definition) is 3. The van der Waals surface area contributed by atoms with E-state index in [4.69, 9.17) is 0 Å². The maximum Gasteiger partial charge on any atom is 0.128 e. The van der Waals surface area contributed by atoms with E-state index >= 15 is 0 Å². The lowest BCUT2D eigenvalue weighted by atomic mass is 10.0. The number of nitrogens with one attached hydrogen (secondary N) is 1. The first-order valence-electron chi connectivity index (χ1n) is 5.08. The van der Waals surface area contributed by atoms with Gasteiger partial charge in [0, 0.05) is 31.4 Å². The highest BCUT2D eigenvalue weighted by Crippen LogP contribution is 2.16. The summed E-state index contributed by atoms with van der Waals surface area (Å²) in [7, 11) is 0. The summed E-state index contributed by atoms with van der Waals surface area (Å²) in [5.41, 5.74) is 0.190. The van der Waals surface area contributed by atoms with Crippen LogP contribution < -0.4 is 10.2 Å². The van der Waals surface area contributed by atoms with Gasteiger partial charge in [-0.25, -0.2) is 4.98 Å². The number of anilines is 1. The topological polar surface area (TPSA) is 28.2 Å². The van der Waals surface area contributed by atoms with Gasteiger partial charge in [0.25, 0.3) is 0 Å². The molecule has 1 aromatic heterocycles. The summed E-state index contributed by atoms with van der Waals surface area (Å²) in [6.45, 7) is 7.54. The van der Waals surface area contributed by atoms with Crippen LogP contribution in [0.4, 0.5) is 5.82 Å². The van der Waals surface area contributed by atoms with Crippen molar-refractivity contribution < 1.29 is 0 Å². The molecule has 1 N–H and O–H groups in total. The van der Waals surface area contributed by atoms with Gasteiger partial charge in [0.1, 0.15) is 5.82 Å². The second kappa shape index (κ2) is 3.58. The molecule has 0 aromatic carbocycles. The van der Waals surface area contributed by atoms with Crippen molar-refractivity contribution in [1.82, 2.24) is 10.3 Å².